The van der Waals surface area contributed by atoms with Crippen LogP contribution in [0.15, 0.2) is 38.0 Å². The molecule has 0 atom stereocenters. The highest BCUT2D eigenvalue weighted by Gasteiger charge is 2.32. The molecule has 0 fully saturated rings. The summed E-state index contributed by atoms with van der Waals surface area (Å²) in [4.78, 5) is 0. The van der Waals surface area contributed by atoms with E-state index in [1.165, 1.54) is 18.1 Å². The Morgan fingerprint density at radius 1 is 0.923 bits per heavy atom. The third kappa shape index (κ3) is 3.35. The van der Waals surface area contributed by atoms with Gasteiger partial charge in [-0.1, -0.05) is 37.6 Å². The van der Waals surface area contributed by atoms with E-state index in [0.29, 0.717) is 0 Å². The summed E-state index contributed by atoms with van der Waals surface area (Å²) < 4.78 is 0. The molecule has 0 radical (unpaired) electrons. The van der Waals surface area contributed by atoms with Crippen molar-refractivity contribution in [1.29, 1.82) is 0 Å². The van der Waals surface area contributed by atoms with Crippen molar-refractivity contribution in [2.24, 2.45) is 0 Å². The summed E-state index contributed by atoms with van der Waals surface area (Å²) in [6.45, 7) is 16.2. The molecule has 74 valence electrons. The van der Waals surface area contributed by atoms with Gasteiger partial charge in [-0.2, -0.15) is 0 Å². The monoisotopic (exact) mass is 194 g/mol. The molecular formula is C12H22Si. The number of hydrogen-bond acceptors (Lipinski definition) is 0. The molecule has 13 heavy (non-hydrogen) atoms. The molecule has 0 heterocycles. The summed E-state index contributed by atoms with van der Waals surface area (Å²) in [6, 6.07) is 3.55. The molecule has 0 aromatic carbocycles. The number of allylic oxidation sites excluding steroid dienone is 3. The van der Waals surface area contributed by atoms with E-state index >= 15 is 0 Å². The van der Waals surface area contributed by atoms with Crippen LogP contribution < -0.4 is 0 Å². The van der Waals surface area contributed by atoms with E-state index in [1.807, 2.05) is 0 Å². The van der Waals surface area contributed by atoms with Gasteiger partial charge in [-0.3, -0.25) is 0 Å². The maximum atomic E-state index is 3.86. The highest BCUT2D eigenvalue weighted by Crippen LogP contribution is 2.34. The molecule has 0 aromatic heterocycles. The molecule has 0 saturated heterocycles. The van der Waals surface area contributed by atoms with Crippen molar-refractivity contribution in [3.63, 3.8) is 0 Å². The largest absolute Gasteiger partial charge is 0.103 e. The van der Waals surface area contributed by atoms with Gasteiger partial charge in [0.15, 0.2) is 0 Å². The van der Waals surface area contributed by atoms with Crippen LogP contribution in [0.1, 0.15) is 13.8 Å². The van der Waals surface area contributed by atoms with Crippen LogP contribution in [0.25, 0.3) is 0 Å². The highest BCUT2D eigenvalue weighted by molar-refractivity contribution is 6.82. The minimum absolute atomic E-state index is 0.779. The molecule has 0 aliphatic carbocycles. The van der Waals surface area contributed by atoms with Crippen LogP contribution >= 0.6 is 0 Å². The summed E-state index contributed by atoms with van der Waals surface area (Å²) in [5.41, 5.74) is 0.779. The lowest BCUT2D eigenvalue weighted by Gasteiger charge is -2.33. The topological polar surface area (TPSA) is 0 Å². The summed E-state index contributed by atoms with van der Waals surface area (Å²) in [5.74, 6) is 0. The fourth-order valence-electron chi connectivity index (χ4n) is 1.82. The van der Waals surface area contributed by atoms with E-state index in [0.717, 1.165) is 5.54 Å². The normalized spacial score (nSPS) is 11.3. The predicted octanol–water partition coefficient (Wildman–Crippen LogP) is 4.40. The second-order valence-electron chi connectivity index (χ2n) is 4.00. The minimum atomic E-state index is -1.23. The van der Waals surface area contributed by atoms with E-state index in [2.05, 4.69) is 51.8 Å². The Morgan fingerprint density at radius 3 is 1.38 bits per heavy atom. The van der Waals surface area contributed by atoms with Crippen molar-refractivity contribution < 1.29 is 0 Å². The van der Waals surface area contributed by atoms with E-state index < -0.39 is 8.07 Å². The van der Waals surface area contributed by atoms with Crippen LogP contribution in [0.2, 0.25) is 23.7 Å². The van der Waals surface area contributed by atoms with Gasteiger partial charge < -0.3 is 0 Å². The molecule has 0 aromatic rings. The lowest BCUT2D eigenvalue weighted by molar-refractivity contribution is 0.977. The molecule has 1 heteroatoms. The van der Waals surface area contributed by atoms with Gasteiger partial charge in [0, 0.05) is 0 Å². The smallest absolute Gasteiger partial charge is 0.0673 e. The van der Waals surface area contributed by atoms with E-state index in [4.69, 9.17) is 0 Å². The standard InChI is InChI=1S/C12H22Si/c1-6-9-13(10-7-2,11-8-3)12(4)5/h6-8,12H,1-3,9-11H2,4-5H3. The van der Waals surface area contributed by atoms with Crippen molar-refractivity contribution in [3.05, 3.63) is 38.0 Å². The molecule has 0 unspecified atom stereocenters. The van der Waals surface area contributed by atoms with Crippen molar-refractivity contribution >= 4 is 8.07 Å². The first-order valence-electron chi connectivity index (χ1n) is 4.95. The average molecular weight is 194 g/mol. The molecule has 0 aliphatic rings. The van der Waals surface area contributed by atoms with Gasteiger partial charge in [0.25, 0.3) is 0 Å². The first kappa shape index (κ1) is 12.4. The first-order chi connectivity index (χ1) is 6.13. The predicted molar refractivity (Wildman–Crippen MR) is 65.9 cm³/mol. The fraction of sp³-hybridized carbons (Fsp3) is 0.500. The van der Waals surface area contributed by atoms with Crippen LogP contribution in [0.5, 0.6) is 0 Å². The molecule has 0 spiro atoms. The van der Waals surface area contributed by atoms with Gasteiger partial charge in [0.2, 0.25) is 0 Å². The zero-order valence-electron chi connectivity index (χ0n) is 9.05. The SMILES string of the molecule is C=CC[Si](CC=C)(CC=C)C(C)C. The highest BCUT2D eigenvalue weighted by atomic mass is 28.3. The Morgan fingerprint density at radius 2 is 1.23 bits per heavy atom. The number of rotatable bonds is 7. The van der Waals surface area contributed by atoms with Crippen LogP contribution in [0.3, 0.4) is 0 Å². The van der Waals surface area contributed by atoms with Gasteiger partial charge in [0.1, 0.15) is 0 Å². The lowest BCUT2D eigenvalue weighted by Crippen LogP contribution is -2.35. The molecule has 0 bridgehead atoms. The van der Waals surface area contributed by atoms with Crippen LogP contribution in [0.4, 0.5) is 0 Å². The third-order valence-electron chi connectivity index (χ3n) is 2.88. The van der Waals surface area contributed by atoms with Crippen LogP contribution in [-0.4, -0.2) is 8.07 Å². The number of hydrogen-bond donors (Lipinski definition) is 0. The van der Waals surface area contributed by atoms with Crippen LogP contribution in [0, 0.1) is 0 Å². The van der Waals surface area contributed by atoms with E-state index in [9.17, 15) is 0 Å². The van der Waals surface area contributed by atoms with Crippen molar-refractivity contribution in [1.82, 2.24) is 0 Å². The third-order valence-corrected chi connectivity index (χ3v) is 8.63. The zero-order chi connectivity index (χ0) is 10.3. The molecule has 0 rings (SSSR count). The fourth-order valence-corrected chi connectivity index (χ4v) is 5.46. The van der Waals surface area contributed by atoms with Gasteiger partial charge in [-0.05, 0) is 18.1 Å². The Bertz CT molecular complexity index is 153. The zero-order valence-corrected chi connectivity index (χ0v) is 10.1. The molecular weight excluding hydrogens is 172 g/mol. The minimum Gasteiger partial charge on any atom is -0.103 e. The summed E-state index contributed by atoms with van der Waals surface area (Å²) in [6.07, 6.45) is 6.21. The molecule has 0 aliphatic heterocycles. The van der Waals surface area contributed by atoms with Gasteiger partial charge in [0.05, 0.1) is 8.07 Å². The Kier molecular flexibility index (Phi) is 5.72. The maximum Gasteiger partial charge on any atom is 0.0673 e. The van der Waals surface area contributed by atoms with Crippen molar-refractivity contribution in [2.75, 3.05) is 0 Å². The van der Waals surface area contributed by atoms with Gasteiger partial charge in [-0.25, -0.2) is 0 Å². The summed E-state index contributed by atoms with van der Waals surface area (Å²) >= 11 is 0. The molecule has 0 N–H and O–H groups in total. The lowest BCUT2D eigenvalue weighted by atomic mass is 10.6. The molecule has 0 amide bonds. The van der Waals surface area contributed by atoms with Gasteiger partial charge >= 0.3 is 0 Å². The molecule has 0 saturated carbocycles. The Balaban J connectivity index is 4.65. The Labute approximate surface area is 84.1 Å². The second-order valence-corrected chi connectivity index (χ2v) is 9.10. The Hall–Kier alpha value is -0.563. The maximum absolute atomic E-state index is 3.86. The average Bonchev–Trinajstić information content (AvgIpc) is 2.05. The van der Waals surface area contributed by atoms with Gasteiger partial charge in [-0.15, -0.1) is 19.7 Å². The van der Waals surface area contributed by atoms with E-state index in [-0.39, 0.29) is 0 Å². The van der Waals surface area contributed by atoms with Crippen molar-refractivity contribution in [3.8, 4) is 0 Å². The van der Waals surface area contributed by atoms with Crippen molar-refractivity contribution in [2.45, 2.75) is 37.5 Å². The first-order valence-corrected chi connectivity index (χ1v) is 7.65. The quantitative estimate of drug-likeness (QED) is 0.416. The molecule has 0 nitrogen and oxygen atoms in total. The summed E-state index contributed by atoms with van der Waals surface area (Å²) in [7, 11) is -1.23. The second kappa shape index (κ2) is 5.98. The van der Waals surface area contributed by atoms with E-state index in [1.54, 1.807) is 0 Å². The summed E-state index contributed by atoms with van der Waals surface area (Å²) in [5, 5.41) is 0. The van der Waals surface area contributed by atoms with Crippen LogP contribution in [-0.2, 0) is 0 Å².